The molecule has 1 aromatic heterocycles. The Morgan fingerprint density at radius 3 is 2.45 bits per heavy atom. The van der Waals surface area contributed by atoms with Gasteiger partial charge in [-0.15, -0.1) is 0 Å². The molecule has 0 saturated heterocycles. The maximum absolute atomic E-state index is 13.4. The minimum Gasteiger partial charge on any atom is -0.348 e. The van der Waals surface area contributed by atoms with Gasteiger partial charge in [0.25, 0.3) is 0 Å². The van der Waals surface area contributed by atoms with E-state index in [1.54, 1.807) is 12.4 Å². The Morgan fingerprint density at radius 1 is 1.09 bits per heavy atom. The number of aromatic amines is 1. The fraction of sp³-hybridized carbons (Fsp3) is 0.438. The van der Waals surface area contributed by atoms with Crippen LogP contribution in [0, 0.1) is 18.6 Å². The second-order valence-corrected chi connectivity index (χ2v) is 5.74. The SMILES string of the molecule is Cc1[nH]cnc1CN(CCN(C)C)Cc1ccc(F)c(F)c1. The van der Waals surface area contributed by atoms with Gasteiger partial charge in [-0.2, -0.15) is 0 Å². The highest BCUT2D eigenvalue weighted by Gasteiger charge is 2.12. The third-order valence-corrected chi connectivity index (χ3v) is 3.56. The topological polar surface area (TPSA) is 35.2 Å². The third-order valence-electron chi connectivity index (χ3n) is 3.56. The Balaban J connectivity index is 2.09. The molecule has 1 aromatic carbocycles. The molecule has 1 heterocycles. The van der Waals surface area contributed by atoms with E-state index in [-0.39, 0.29) is 0 Å². The number of nitrogens with one attached hydrogen (secondary N) is 1. The summed E-state index contributed by atoms with van der Waals surface area (Å²) in [6.45, 7) is 4.90. The van der Waals surface area contributed by atoms with Crippen LogP contribution in [0.2, 0.25) is 0 Å². The fourth-order valence-corrected chi connectivity index (χ4v) is 2.21. The Hall–Kier alpha value is -1.79. The first-order valence-electron chi connectivity index (χ1n) is 7.25. The van der Waals surface area contributed by atoms with Crippen molar-refractivity contribution in [3.8, 4) is 0 Å². The number of H-pyrrole nitrogens is 1. The summed E-state index contributed by atoms with van der Waals surface area (Å²) in [5.74, 6) is -1.62. The smallest absolute Gasteiger partial charge is 0.159 e. The standard InChI is InChI=1S/C16H22F2N4/c1-12-16(20-11-19-12)10-22(7-6-21(2)3)9-13-4-5-14(17)15(18)8-13/h4-5,8,11H,6-7,9-10H2,1-3H3,(H,19,20). The maximum atomic E-state index is 13.4. The van der Waals surface area contributed by atoms with Gasteiger partial charge in [0.15, 0.2) is 11.6 Å². The van der Waals surface area contributed by atoms with Crippen molar-refractivity contribution in [3.63, 3.8) is 0 Å². The summed E-state index contributed by atoms with van der Waals surface area (Å²) in [6, 6.07) is 4.06. The van der Waals surface area contributed by atoms with Crippen LogP contribution >= 0.6 is 0 Å². The molecule has 0 aliphatic rings. The van der Waals surface area contributed by atoms with E-state index in [2.05, 4.69) is 19.8 Å². The molecule has 0 fully saturated rings. The van der Waals surface area contributed by atoms with Crippen LogP contribution in [0.15, 0.2) is 24.5 Å². The first-order valence-corrected chi connectivity index (χ1v) is 7.25. The first-order chi connectivity index (χ1) is 10.5. The summed E-state index contributed by atoms with van der Waals surface area (Å²) in [5, 5.41) is 0. The lowest BCUT2D eigenvalue weighted by atomic mass is 10.2. The van der Waals surface area contributed by atoms with E-state index in [4.69, 9.17) is 0 Å². The van der Waals surface area contributed by atoms with Crippen LogP contribution in [0.5, 0.6) is 0 Å². The average molecular weight is 308 g/mol. The van der Waals surface area contributed by atoms with E-state index in [0.717, 1.165) is 30.0 Å². The van der Waals surface area contributed by atoms with Gasteiger partial charge in [0, 0.05) is 31.9 Å². The lowest BCUT2D eigenvalue weighted by Gasteiger charge is -2.23. The quantitative estimate of drug-likeness (QED) is 0.854. The molecular formula is C16H22F2N4. The number of halogens is 2. The second kappa shape index (κ2) is 7.47. The number of hydrogen-bond donors (Lipinski definition) is 1. The number of aryl methyl sites for hydroxylation is 1. The summed E-state index contributed by atoms with van der Waals surface area (Å²) in [7, 11) is 4.02. The van der Waals surface area contributed by atoms with Gasteiger partial charge in [-0.3, -0.25) is 4.90 Å². The summed E-state index contributed by atoms with van der Waals surface area (Å²) < 4.78 is 26.4. The Bertz CT molecular complexity index is 610. The summed E-state index contributed by atoms with van der Waals surface area (Å²) in [5.41, 5.74) is 2.76. The van der Waals surface area contributed by atoms with Crippen LogP contribution in [-0.4, -0.2) is 47.0 Å². The van der Waals surface area contributed by atoms with E-state index < -0.39 is 11.6 Å². The molecule has 0 amide bonds. The number of rotatable bonds is 7. The molecule has 6 heteroatoms. The largest absolute Gasteiger partial charge is 0.348 e. The second-order valence-electron chi connectivity index (χ2n) is 5.74. The van der Waals surface area contributed by atoms with Crippen molar-refractivity contribution in [3.05, 3.63) is 53.1 Å². The molecule has 1 N–H and O–H groups in total. The fourth-order valence-electron chi connectivity index (χ4n) is 2.21. The maximum Gasteiger partial charge on any atom is 0.159 e. The highest BCUT2D eigenvalue weighted by molar-refractivity contribution is 5.18. The van der Waals surface area contributed by atoms with Crippen molar-refractivity contribution in [2.45, 2.75) is 20.0 Å². The lowest BCUT2D eigenvalue weighted by molar-refractivity contribution is 0.223. The zero-order chi connectivity index (χ0) is 16.1. The molecular weight excluding hydrogens is 286 g/mol. The van der Waals surface area contributed by atoms with Crippen molar-refractivity contribution < 1.29 is 8.78 Å². The molecule has 22 heavy (non-hydrogen) atoms. The minimum absolute atomic E-state index is 0.553. The van der Waals surface area contributed by atoms with Crippen LogP contribution in [-0.2, 0) is 13.1 Å². The number of aromatic nitrogens is 2. The van der Waals surface area contributed by atoms with Crippen LogP contribution < -0.4 is 0 Å². The molecule has 2 rings (SSSR count). The van der Waals surface area contributed by atoms with Crippen molar-refractivity contribution in [1.82, 2.24) is 19.8 Å². The van der Waals surface area contributed by atoms with Gasteiger partial charge in [-0.1, -0.05) is 6.07 Å². The number of nitrogens with zero attached hydrogens (tertiary/aromatic N) is 3. The molecule has 2 aromatic rings. The highest BCUT2D eigenvalue weighted by atomic mass is 19.2. The van der Waals surface area contributed by atoms with Crippen LogP contribution in [0.4, 0.5) is 8.78 Å². The Labute approximate surface area is 129 Å². The van der Waals surface area contributed by atoms with E-state index in [1.165, 1.54) is 12.1 Å². The van der Waals surface area contributed by atoms with Crippen LogP contribution in [0.25, 0.3) is 0 Å². The molecule has 0 bridgehead atoms. The molecule has 0 spiro atoms. The predicted octanol–water partition coefficient (Wildman–Crippen LogP) is 2.56. The zero-order valence-electron chi connectivity index (χ0n) is 13.2. The summed E-state index contributed by atoms with van der Waals surface area (Å²) in [6.07, 6.45) is 1.67. The van der Waals surface area contributed by atoms with Gasteiger partial charge >= 0.3 is 0 Å². The number of hydrogen-bond acceptors (Lipinski definition) is 3. The molecule has 4 nitrogen and oxygen atoms in total. The van der Waals surface area contributed by atoms with Crippen molar-refractivity contribution in [2.24, 2.45) is 0 Å². The average Bonchev–Trinajstić information content (AvgIpc) is 2.85. The minimum atomic E-state index is -0.813. The van der Waals surface area contributed by atoms with Gasteiger partial charge in [-0.25, -0.2) is 13.8 Å². The van der Waals surface area contributed by atoms with Crippen molar-refractivity contribution in [2.75, 3.05) is 27.2 Å². The molecule has 0 unspecified atom stereocenters. The Morgan fingerprint density at radius 2 is 1.86 bits per heavy atom. The predicted molar refractivity (Wildman–Crippen MR) is 82.4 cm³/mol. The molecule has 120 valence electrons. The molecule has 0 saturated carbocycles. The highest BCUT2D eigenvalue weighted by Crippen LogP contribution is 2.13. The van der Waals surface area contributed by atoms with Crippen molar-refractivity contribution in [1.29, 1.82) is 0 Å². The number of benzene rings is 1. The third kappa shape index (κ3) is 4.61. The van der Waals surface area contributed by atoms with Gasteiger partial charge in [0.1, 0.15) is 0 Å². The van der Waals surface area contributed by atoms with E-state index in [0.29, 0.717) is 13.1 Å². The Kier molecular flexibility index (Phi) is 5.63. The monoisotopic (exact) mass is 308 g/mol. The van der Waals surface area contributed by atoms with Crippen molar-refractivity contribution >= 4 is 0 Å². The van der Waals surface area contributed by atoms with Gasteiger partial charge < -0.3 is 9.88 Å². The number of likely N-dealkylation sites (N-methyl/N-ethyl adjacent to an activating group) is 1. The van der Waals surface area contributed by atoms with Crippen LogP contribution in [0.1, 0.15) is 17.0 Å². The summed E-state index contributed by atoms with van der Waals surface area (Å²) in [4.78, 5) is 11.6. The van der Waals surface area contributed by atoms with Gasteiger partial charge in [0.05, 0.1) is 12.0 Å². The van der Waals surface area contributed by atoms with Gasteiger partial charge in [-0.05, 0) is 38.7 Å². The van der Waals surface area contributed by atoms with E-state index in [9.17, 15) is 8.78 Å². The summed E-state index contributed by atoms with van der Waals surface area (Å²) >= 11 is 0. The van der Waals surface area contributed by atoms with Gasteiger partial charge in [0.2, 0.25) is 0 Å². The zero-order valence-corrected chi connectivity index (χ0v) is 13.2. The first kappa shape index (κ1) is 16.6. The van der Waals surface area contributed by atoms with E-state index in [1.807, 2.05) is 21.0 Å². The molecule has 0 radical (unpaired) electrons. The lowest BCUT2D eigenvalue weighted by Crippen LogP contribution is -2.31. The number of imidazole rings is 1. The van der Waals surface area contributed by atoms with E-state index >= 15 is 0 Å². The molecule has 0 aliphatic carbocycles. The molecule has 0 atom stereocenters. The van der Waals surface area contributed by atoms with Crippen LogP contribution in [0.3, 0.4) is 0 Å². The normalized spacial score (nSPS) is 11.6. The molecule has 0 aliphatic heterocycles.